The van der Waals surface area contributed by atoms with Crippen LogP contribution in [0.15, 0.2) is 48.9 Å². The number of hydrogen-bond acceptors (Lipinski definition) is 12. The second kappa shape index (κ2) is 16.0. The molecule has 0 radical (unpaired) electrons. The number of anilines is 4. The molecular formula is C32H40F3N8O6P. The highest BCUT2D eigenvalue weighted by atomic mass is 31.2. The first-order valence-corrected chi connectivity index (χ1v) is 17.3. The Kier molecular flexibility index (Phi) is 12.2. The molecule has 0 saturated carbocycles. The highest BCUT2D eigenvalue weighted by Crippen LogP contribution is 2.51. The summed E-state index contributed by atoms with van der Waals surface area (Å²) in [4.78, 5) is 25.3. The fraction of sp³-hybridized carbons (Fsp3) is 0.406. The number of rotatable bonds is 16. The maximum absolute atomic E-state index is 14.2. The van der Waals surface area contributed by atoms with E-state index in [4.69, 9.17) is 13.8 Å². The van der Waals surface area contributed by atoms with Crippen LogP contribution in [-0.4, -0.2) is 69.7 Å². The number of carbonyl (C=O) groups is 1. The molecule has 3 aromatic heterocycles. The van der Waals surface area contributed by atoms with Gasteiger partial charge in [-0.1, -0.05) is 6.07 Å². The van der Waals surface area contributed by atoms with E-state index < -0.39 is 36.6 Å². The van der Waals surface area contributed by atoms with E-state index in [1.807, 2.05) is 13.8 Å². The number of hydrogen-bond donors (Lipinski definition) is 4. The molecule has 0 bridgehead atoms. The third-order valence-electron chi connectivity index (χ3n) is 7.45. The summed E-state index contributed by atoms with van der Waals surface area (Å²) in [5.41, 5.74) is -0.155. The summed E-state index contributed by atoms with van der Waals surface area (Å²) >= 11 is 0. The molecule has 270 valence electrons. The predicted octanol–water partition coefficient (Wildman–Crippen LogP) is 6.49. The van der Waals surface area contributed by atoms with Crippen LogP contribution < -0.4 is 20.7 Å². The molecule has 1 amide bonds. The van der Waals surface area contributed by atoms with E-state index in [1.165, 1.54) is 26.3 Å². The zero-order chi connectivity index (χ0) is 36.7. The SMILES string of the molecule is CCOP(=O)(Cc1ccc(Nc2ncc(C(F)(F)F)c(Nc3ccc(-c4cnn(C(C)(C)CCO)c4)nc3C(=O)NC)n2)c(OC)c1)OCC. The Labute approximate surface area is 287 Å². The second-order valence-corrected chi connectivity index (χ2v) is 13.5. The number of alkyl halides is 3. The van der Waals surface area contributed by atoms with Gasteiger partial charge in [0.25, 0.3) is 5.91 Å². The van der Waals surface area contributed by atoms with Crippen molar-refractivity contribution >= 4 is 36.6 Å². The smallest absolute Gasteiger partial charge is 0.421 e. The lowest BCUT2D eigenvalue weighted by Gasteiger charge is -2.24. The Morgan fingerprint density at radius 3 is 2.34 bits per heavy atom. The molecule has 14 nitrogen and oxygen atoms in total. The number of nitrogens with zero attached hydrogens (tertiary/aromatic N) is 5. The van der Waals surface area contributed by atoms with Gasteiger partial charge in [0.05, 0.1) is 55.3 Å². The van der Waals surface area contributed by atoms with Crippen LogP contribution in [0.3, 0.4) is 0 Å². The van der Waals surface area contributed by atoms with Crippen LogP contribution in [0.4, 0.5) is 36.3 Å². The van der Waals surface area contributed by atoms with Crippen molar-refractivity contribution in [2.24, 2.45) is 0 Å². The van der Waals surface area contributed by atoms with Crippen molar-refractivity contribution in [2.45, 2.75) is 52.0 Å². The lowest BCUT2D eigenvalue weighted by atomic mass is 10.0. The van der Waals surface area contributed by atoms with Crippen molar-refractivity contribution in [2.75, 3.05) is 44.6 Å². The lowest BCUT2D eigenvalue weighted by Crippen LogP contribution is -2.27. The quantitative estimate of drug-likeness (QED) is 0.0928. The van der Waals surface area contributed by atoms with Crippen molar-refractivity contribution in [3.63, 3.8) is 0 Å². The van der Waals surface area contributed by atoms with E-state index in [0.29, 0.717) is 35.1 Å². The van der Waals surface area contributed by atoms with Crippen LogP contribution in [0.25, 0.3) is 11.3 Å². The zero-order valence-corrected chi connectivity index (χ0v) is 29.4. The fourth-order valence-corrected chi connectivity index (χ4v) is 6.55. The molecule has 0 atom stereocenters. The summed E-state index contributed by atoms with van der Waals surface area (Å²) in [5, 5.41) is 21.7. The predicted molar refractivity (Wildman–Crippen MR) is 181 cm³/mol. The number of ether oxygens (including phenoxy) is 1. The third kappa shape index (κ3) is 9.15. The third-order valence-corrected chi connectivity index (χ3v) is 9.50. The summed E-state index contributed by atoms with van der Waals surface area (Å²) in [5.74, 6) is -1.25. The number of aliphatic hydroxyl groups excluding tert-OH is 1. The van der Waals surface area contributed by atoms with Gasteiger partial charge in [0, 0.05) is 31.6 Å². The maximum atomic E-state index is 14.2. The van der Waals surface area contributed by atoms with E-state index in [1.54, 1.807) is 49.1 Å². The van der Waals surface area contributed by atoms with Gasteiger partial charge in [-0.3, -0.25) is 14.0 Å². The Bertz CT molecular complexity index is 1840. The molecular weight excluding hydrogens is 680 g/mol. The highest BCUT2D eigenvalue weighted by molar-refractivity contribution is 7.53. The van der Waals surface area contributed by atoms with Gasteiger partial charge in [0.1, 0.15) is 17.1 Å². The van der Waals surface area contributed by atoms with Gasteiger partial charge in [-0.2, -0.15) is 23.3 Å². The Hall–Kier alpha value is -4.57. The molecule has 3 heterocycles. The van der Waals surface area contributed by atoms with Crippen LogP contribution in [0.5, 0.6) is 5.75 Å². The summed E-state index contributed by atoms with van der Waals surface area (Å²) in [6, 6.07) is 7.76. The number of methoxy groups -OCH3 is 1. The molecule has 4 aromatic rings. The largest absolute Gasteiger partial charge is 0.495 e. The average Bonchev–Trinajstić information content (AvgIpc) is 3.57. The first kappa shape index (κ1) is 38.2. The summed E-state index contributed by atoms with van der Waals surface area (Å²) < 4.78 is 73.4. The number of aromatic nitrogens is 5. The van der Waals surface area contributed by atoms with Gasteiger partial charge in [-0.25, -0.2) is 9.97 Å². The minimum atomic E-state index is -4.86. The first-order valence-electron chi connectivity index (χ1n) is 15.6. The van der Waals surface area contributed by atoms with Gasteiger partial charge in [-0.15, -0.1) is 0 Å². The molecule has 0 aliphatic rings. The molecule has 50 heavy (non-hydrogen) atoms. The number of carbonyl (C=O) groups excluding carboxylic acids is 1. The lowest BCUT2D eigenvalue weighted by molar-refractivity contribution is -0.137. The van der Waals surface area contributed by atoms with Gasteiger partial charge < -0.3 is 34.8 Å². The van der Waals surface area contributed by atoms with Crippen LogP contribution in [-0.2, 0) is 31.5 Å². The van der Waals surface area contributed by atoms with Crippen molar-refractivity contribution in [3.8, 4) is 17.0 Å². The van der Waals surface area contributed by atoms with Crippen LogP contribution in [0.1, 0.15) is 55.7 Å². The van der Waals surface area contributed by atoms with E-state index in [2.05, 4.69) is 36.0 Å². The van der Waals surface area contributed by atoms with Gasteiger partial charge in [0.2, 0.25) is 5.95 Å². The van der Waals surface area contributed by atoms with Crippen molar-refractivity contribution < 1.29 is 41.4 Å². The van der Waals surface area contributed by atoms with Crippen LogP contribution >= 0.6 is 7.60 Å². The topological polar surface area (TPSA) is 175 Å². The van der Waals surface area contributed by atoms with Gasteiger partial charge in [0.15, 0.2) is 5.69 Å². The van der Waals surface area contributed by atoms with Crippen molar-refractivity contribution in [1.29, 1.82) is 0 Å². The van der Waals surface area contributed by atoms with Crippen LogP contribution in [0.2, 0.25) is 0 Å². The maximum Gasteiger partial charge on any atom is 0.421 e. The van der Waals surface area contributed by atoms with Gasteiger partial charge in [-0.05, 0) is 63.9 Å². The minimum Gasteiger partial charge on any atom is -0.495 e. The molecule has 18 heteroatoms. The van der Waals surface area contributed by atoms with Gasteiger partial charge >= 0.3 is 13.8 Å². The molecule has 0 fully saturated rings. The monoisotopic (exact) mass is 720 g/mol. The molecule has 0 aliphatic heterocycles. The normalized spacial score (nSPS) is 12.1. The Balaban J connectivity index is 1.68. The highest BCUT2D eigenvalue weighted by Gasteiger charge is 2.36. The summed E-state index contributed by atoms with van der Waals surface area (Å²) in [7, 11) is -0.653. The fourth-order valence-electron chi connectivity index (χ4n) is 4.86. The molecule has 4 N–H and O–H groups in total. The average molecular weight is 721 g/mol. The Morgan fingerprint density at radius 2 is 1.72 bits per heavy atom. The van der Waals surface area contributed by atoms with E-state index in [9.17, 15) is 27.6 Å². The zero-order valence-electron chi connectivity index (χ0n) is 28.5. The number of pyridine rings is 1. The van der Waals surface area contributed by atoms with E-state index >= 15 is 0 Å². The van der Waals surface area contributed by atoms with Crippen molar-refractivity contribution in [1.82, 2.24) is 30.0 Å². The van der Waals surface area contributed by atoms with E-state index in [-0.39, 0.29) is 49.1 Å². The molecule has 0 unspecified atom stereocenters. The number of nitrogens with one attached hydrogen (secondary N) is 3. The number of aliphatic hydroxyl groups is 1. The Morgan fingerprint density at radius 1 is 1.02 bits per heavy atom. The minimum absolute atomic E-state index is 0.0271. The van der Waals surface area contributed by atoms with E-state index in [0.717, 1.165) is 0 Å². The number of halogens is 3. The summed E-state index contributed by atoms with van der Waals surface area (Å²) in [6.07, 6.45) is -0.575. The van der Waals surface area contributed by atoms with Crippen LogP contribution in [0, 0.1) is 0 Å². The number of benzene rings is 1. The first-order chi connectivity index (χ1) is 23.7. The molecule has 4 rings (SSSR count). The molecule has 0 aliphatic carbocycles. The molecule has 1 aromatic carbocycles. The summed E-state index contributed by atoms with van der Waals surface area (Å²) in [6.45, 7) is 7.55. The molecule has 0 spiro atoms. The van der Waals surface area contributed by atoms with Crippen molar-refractivity contribution in [3.05, 3.63) is 65.7 Å². The second-order valence-electron chi connectivity index (χ2n) is 11.5. The molecule has 0 saturated heterocycles. The number of amides is 1. The standard InChI is InChI=1S/C32H40F3N8O6P/c1-7-48-50(46,49-8-2)19-20-9-10-24(26(15-20)47-6)41-30-37-17-22(32(33,34)35)28(42-30)40-25-12-11-23(39-27(25)29(45)36-5)21-16-38-43(18-21)31(3,4)13-14-44/h9-12,15-18,44H,7-8,13-14,19H2,1-6H3,(H,36,45)(H2,37,40,41,42).